The average Bonchev–Trinajstić information content (AvgIpc) is 3.27. The molecule has 0 saturated heterocycles. The molecule has 0 fully saturated rings. The lowest BCUT2D eigenvalue weighted by molar-refractivity contribution is 0.223. The molecule has 31 heavy (non-hydrogen) atoms. The lowest BCUT2D eigenvalue weighted by atomic mass is 9.84. The van der Waals surface area contributed by atoms with Crippen molar-refractivity contribution in [3.8, 4) is 5.75 Å². The monoisotopic (exact) mass is 446 g/mol. The van der Waals surface area contributed by atoms with Gasteiger partial charge in [0, 0.05) is 21.2 Å². The molecular weight excluding hydrogens is 431 g/mol. The van der Waals surface area contributed by atoms with Gasteiger partial charge in [0.1, 0.15) is 24.2 Å². The minimum Gasteiger partial charge on any atom is -0.480 e. The summed E-state index contributed by atoms with van der Waals surface area (Å²) in [6.07, 6.45) is 1.23. The summed E-state index contributed by atoms with van der Waals surface area (Å²) in [5, 5.41) is 9.33. The molecule has 0 amide bonds. The topological polar surface area (TPSA) is 52.0 Å². The first-order valence-electron chi connectivity index (χ1n) is 9.86. The van der Waals surface area contributed by atoms with Gasteiger partial charge in [-0.05, 0) is 41.5 Å². The molecule has 0 radical (unpaired) electrons. The Bertz CT molecular complexity index is 1320. The molecule has 6 rings (SSSR count). The third-order valence-electron chi connectivity index (χ3n) is 5.66. The molecule has 5 nitrogen and oxygen atoms in total. The summed E-state index contributed by atoms with van der Waals surface area (Å²) < 4.78 is 8.46. The Morgan fingerprint density at radius 2 is 1.65 bits per heavy atom. The molecular formula is C24H16Cl2N4O. The second kappa shape index (κ2) is 7.15. The van der Waals surface area contributed by atoms with Gasteiger partial charge in [-0.3, -0.25) is 0 Å². The maximum atomic E-state index is 6.56. The number of rotatable bonds is 2. The van der Waals surface area contributed by atoms with E-state index in [1.807, 2.05) is 65.3 Å². The van der Waals surface area contributed by atoms with E-state index in [2.05, 4.69) is 27.5 Å². The largest absolute Gasteiger partial charge is 0.480 e. The smallest absolute Gasteiger partial charge is 0.226 e. The number of fused-ring (bicyclic) bond motifs is 3. The quantitative estimate of drug-likeness (QED) is 0.401. The summed E-state index contributed by atoms with van der Waals surface area (Å²) in [5.74, 6) is 1.44. The summed E-state index contributed by atoms with van der Waals surface area (Å²) in [5.41, 5.74) is 4.99. The molecule has 0 bridgehead atoms. The van der Waals surface area contributed by atoms with Gasteiger partial charge < -0.3 is 10.1 Å². The molecule has 152 valence electrons. The van der Waals surface area contributed by atoms with Crippen LogP contribution in [0.15, 0.2) is 84.7 Å². The number of nitrogens with zero attached hydrogens (tertiary/aromatic N) is 3. The summed E-state index contributed by atoms with van der Waals surface area (Å²) in [7, 11) is 0. The van der Waals surface area contributed by atoms with Gasteiger partial charge in [-0.15, -0.1) is 0 Å². The molecule has 0 spiro atoms. The number of ether oxygens (including phenoxy) is 1. The van der Waals surface area contributed by atoms with Crippen LogP contribution in [0.4, 0.5) is 5.95 Å². The van der Waals surface area contributed by atoms with Crippen LogP contribution in [0.5, 0.6) is 5.75 Å². The Labute approximate surface area is 188 Å². The van der Waals surface area contributed by atoms with Crippen molar-refractivity contribution in [3.63, 3.8) is 0 Å². The van der Waals surface area contributed by atoms with E-state index in [4.69, 9.17) is 27.9 Å². The van der Waals surface area contributed by atoms with Crippen LogP contribution in [0.1, 0.15) is 28.8 Å². The fourth-order valence-electron chi connectivity index (χ4n) is 4.31. The molecule has 2 aliphatic rings. The third-order valence-corrected chi connectivity index (χ3v) is 6.15. The Kier molecular flexibility index (Phi) is 4.26. The van der Waals surface area contributed by atoms with Crippen molar-refractivity contribution in [3.05, 3.63) is 111 Å². The standard InChI is InChI=1S/C24H16Cl2N4O/c25-16-8-6-15(7-9-16)23-20-21(18-12-17(26)10-11-19(18)31-23)29-24-27-13-28-30(24)22(20)14-4-2-1-3-5-14/h1-13,22-23H,(H,27,28,29)/t22-,23+/m0/s1. The second-order valence-electron chi connectivity index (χ2n) is 7.49. The minimum atomic E-state index is -0.337. The van der Waals surface area contributed by atoms with E-state index in [0.717, 1.165) is 33.7 Å². The summed E-state index contributed by atoms with van der Waals surface area (Å²) in [6, 6.07) is 23.5. The fourth-order valence-corrected chi connectivity index (χ4v) is 4.61. The van der Waals surface area contributed by atoms with Crippen molar-refractivity contribution in [2.24, 2.45) is 0 Å². The molecule has 3 aromatic carbocycles. The Morgan fingerprint density at radius 3 is 2.45 bits per heavy atom. The number of aromatic nitrogens is 3. The van der Waals surface area contributed by atoms with E-state index < -0.39 is 0 Å². The van der Waals surface area contributed by atoms with Gasteiger partial charge in [-0.2, -0.15) is 10.1 Å². The van der Waals surface area contributed by atoms with Crippen LogP contribution in [-0.4, -0.2) is 14.8 Å². The summed E-state index contributed by atoms with van der Waals surface area (Å²) >= 11 is 12.5. The normalized spacial score (nSPS) is 19.0. The second-order valence-corrected chi connectivity index (χ2v) is 8.36. The van der Waals surface area contributed by atoms with E-state index in [0.29, 0.717) is 16.0 Å². The van der Waals surface area contributed by atoms with Crippen LogP contribution in [0.2, 0.25) is 10.0 Å². The molecule has 3 heterocycles. The minimum absolute atomic E-state index is 0.192. The Morgan fingerprint density at radius 1 is 0.871 bits per heavy atom. The lowest BCUT2D eigenvalue weighted by Crippen LogP contribution is -2.32. The molecule has 0 saturated carbocycles. The van der Waals surface area contributed by atoms with Crippen molar-refractivity contribution in [2.45, 2.75) is 12.1 Å². The van der Waals surface area contributed by atoms with E-state index in [-0.39, 0.29) is 12.1 Å². The lowest BCUT2D eigenvalue weighted by Gasteiger charge is -2.39. The number of nitrogens with one attached hydrogen (secondary N) is 1. The molecule has 2 aliphatic heterocycles. The first-order valence-corrected chi connectivity index (χ1v) is 10.6. The Balaban J connectivity index is 1.64. The fraction of sp³-hybridized carbons (Fsp3) is 0.0833. The van der Waals surface area contributed by atoms with Crippen molar-refractivity contribution < 1.29 is 4.74 Å². The van der Waals surface area contributed by atoms with E-state index in [9.17, 15) is 0 Å². The molecule has 0 aliphatic carbocycles. The van der Waals surface area contributed by atoms with Crippen molar-refractivity contribution in [1.82, 2.24) is 14.8 Å². The molecule has 1 aromatic heterocycles. The SMILES string of the molecule is Clc1ccc([C@H]2Oc3ccc(Cl)cc3C3=C2[C@H](c2ccccc2)n2ncnc2N3)cc1. The van der Waals surface area contributed by atoms with Gasteiger partial charge >= 0.3 is 0 Å². The van der Waals surface area contributed by atoms with E-state index in [1.54, 1.807) is 6.33 Å². The van der Waals surface area contributed by atoms with Gasteiger partial charge in [0.25, 0.3) is 0 Å². The highest BCUT2D eigenvalue weighted by Gasteiger charge is 2.40. The van der Waals surface area contributed by atoms with Crippen LogP contribution in [0, 0.1) is 0 Å². The van der Waals surface area contributed by atoms with Crippen LogP contribution in [-0.2, 0) is 0 Å². The van der Waals surface area contributed by atoms with Crippen molar-refractivity contribution in [1.29, 1.82) is 0 Å². The zero-order valence-electron chi connectivity index (χ0n) is 16.2. The number of hydrogen-bond acceptors (Lipinski definition) is 4. The molecule has 2 atom stereocenters. The summed E-state index contributed by atoms with van der Waals surface area (Å²) in [6.45, 7) is 0. The van der Waals surface area contributed by atoms with Crippen molar-refractivity contribution >= 4 is 34.8 Å². The molecule has 0 unspecified atom stereocenters. The average molecular weight is 447 g/mol. The first kappa shape index (κ1) is 18.5. The highest BCUT2D eigenvalue weighted by Crippen LogP contribution is 2.51. The predicted molar refractivity (Wildman–Crippen MR) is 121 cm³/mol. The number of anilines is 1. The Hall–Kier alpha value is -3.28. The van der Waals surface area contributed by atoms with Gasteiger partial charge in [-0.1, -0.05) is 65.7 Å². The molecule has 1 N–H and O–H groups in total. The number of halogens is 2. The van der Waals surface area contributed by atoms with E-state index in [1.165, 1.54) is 0 Å². The third kappa shape index (κ3) is 3.00. The zero-order valence-corrected chi connectivity index (χ0v) is 17.7. The van der Waals surface area contributed by atoms with Crippen LogP contribution in [0.3, 0.4) is 0 Å². The molecule has 4 aromatic rings. The van der Waals surface area contributed by atoms with Gasteiger partial charge in [0.2, 0.25) is 5.95 Å². The van der Waals surface area contributed by atoms with E-state index >= 15 is 0 Å². The predicted octanol–water partition coefficient (Wildman–Crippen LogP) is 6.14. The number of hydrogen-bond donors (Lipinski definition) is 1. The molecule has 7 heteroatoms. The first-order chi connectivity index (χ1) is 15.2. The van der Waals surface area contributed by atoms with Gasteiger partial charge in [0.15, 0.2) is 0 Å². The van der Waals surface area contributed by atoms with Gasteiger partial charge in [0.05, 0.1) is 5.70 Å². The van der Waals surface area contributed by atoms with Crippen LogP contribution >= 0.6 is 23.2 Å². The summed E-state index contributed by atoms with van der Waals surface area (Å²) in [4.78, 5) is 4.44. The van der Waals surface area contributed by atoms with Crippen LogP contribution < -0.4 is 10.1 Å². The highest BCUT2D eigenvalue weighted by atomic mass is 35.5. The maximum Gasteiger partial charge on any atom is 0.226 e. The maximum absolute atomic E-state index is 6.56. The highest BCUT2D eigenvalue weighted by molar-refractivity contribution is 6.31. The van der Waals surface area contributed by atoms with Gasteiger partial charge in [-0.25, -0.2) is 4.68 Å². The van der Waals surface area contributed by atoms with Crippen LogP contribution in [0.25, 0.3) is 5.70 Å². The zero-order chi connectivity index (χ0) is 20.9. The van der Waals surface area contributed by atoms with Crippen molar-refractivity contribution in [2.75, 3.05) is 5.32 Å². The number of benzene rings is 3.